The summed E-state index contributed by atoms with van der Waals surface area (Å²) in [6.45, 7) is 0.979. The number of Topliss-reactive ketones (excluding diaryl/α,β-unsaturated/α-hetero) is 1. The van der Waals surface area contributed by atoms with Crippen molar-refractivity contribution in [2.24, 2.45) is 0 Å². The van der Waals surface area contributed by atoms with Crippen LogP contribution in [0, 0.1) is 0 Å². The van der Waals surface area contributed by atoms with Gasteiger partial charge in [-0.3, -0.25) is 9.59 Å². The molecule has 2 rings (SSSR count). The van der Waals surface area contributed by atoms with Crippen LogP contribution in [0.3, 0.4) is 0 Å². The van der Waals surface area contributed by atoms with E-state index >= 15 is 0 Å². The maximum Gasteiger partial charge on any atom is 0.242 e. The van der Waals surface area contributed by atoms with Crippen LogP contribution in [0.5, 0.6) is 0 Å². The largest absolute Gasteiger partial charge is 0.383 e. The molecule has 0 amide bonds. The number of ketones is 1. The molecule has 0 radical (unpaired) electrons. The van der Waals surface area contributed by atoms with Gasteiger partial charge in [0, 0.05) is 30.4 Å². The molecule has 5 heteroatoms. The van der Waals surface area contributed by atoms with E-state index in [9.17, 15) is 9.59 Å². The summed E-state index contributed by atoms with van der Waals surface area (Å²) >= 11 is 5.86. The quantitative estimate of drug-likeness (QED) is 0.467. The molecule has 0 unspecified atom stereocenters. The number of carbonyl (C=O) groups excluding carboxylic acids is 2. The van der Waals surface area contributed by atoms with E-state index in [4.69, 9.17) is 16.3 Å². The smallest absolute Gasteiger partial charge is 0.242 e. The van der Waals surface area contributed by atoms with Gasteiger partial charge in [0.1, 0.15) is 5.69 Å². The van der Waals surface area contributed by atoms with Crippen LogP contribution in [0.2, 0.25) is 5.02 Å². The Labute approximate surface area is 121 Å². The fourth-order valence-electron chi connectivity index (χ4n) is 2.04. The zero-order valence-electron chi connectivity index (χ0n) is 11.0. The third-order valence-corrected chi connectivity index (χ3v) is 3.25. The molecule has 4 nitrogen and oxygen atoms in total. The molecule has 2 aromatic rings. The van der Waals surface area contributed by atoms with Crippen molar-refractivity contribution in [3.05, 3.63) is 47.2 Å². The lowest BCUT2D eigenvalue weighted by Crippen LogP contribution is -2.13. The average Bonchev–Trinajstić information content (AvgIpc) is 2.89. The molecule has 0 N–H and O–H groups in total. The van der Waals surface area contributed by atoms with E-state index in [0.717, 1.165) is 11.1 Å². The number of nitrogens with zero attached hydrogens (tertiary/aromatic N) is 1. The van der Waals surface area contributed by atoms with Gasteiger partial charge in [0.15, 0.2) is 6.29 Å². The molecule has 1 aromatic carbocycles. The standard InChI is InChI=1S/C15H14ClNO3/c1-20-9-8-17-7-6-13(15(17)14(19)10-18)11-2-4-12(16)5-3-11/h2-7,10H,8-9H2,1H3. The summed E-state index contributed by atoms with van der Waals surface area (Å²) in [5.41, 5.74) is 1.94. The van der Waals surface area contributed by atoms with E-state index < -0.39 is 5.78 Å². The number of aldehydes is 1. The Morgan fingerprint density at radius 1 is 1.30 bits per heavy atom. The van der Waals surface area contributed by atoms with E-state index in [0.29, 0.717) is 30.2 Å². The van der Waals surface area contributed by atoms with Gasteiger partial charge in [0.05, 0.1) is 6.61 Å². The molecular weight excluding hydrogens is 278 g/mol. The van der Waals surface area contributed by atoms with Crippen LogP contribution in [0.1, 0.15) is 10.5 Å². The predicted molar refractivity (Wildman–Crippen MR) is 77.1 cm³/mol. The lowest BCUT2D eigenvalue weighted by Gasteiger charge is -2.08. The molecule has 0 spiro atoms. The lowest BCUT2D eigenvalue weighted by atomic mass is 10.0. The second-order valence-electron chi connectivity index (χ2n) is 4.25. The van der Waals surface area contributed by atoms with Gasteiger partial charge >= 0.3 is 0 Å². The Morgan fingerprint density at radius 3 is 2.60 bits per heavy atom. The van der Waals surface area contributed by atoms with Crippen molar-refractivity contribution < 1.29 is 14.3 Å². The van der Waals surface area contributed by atoms with Gasteiger partial charge in [-0.2, -0.15) is 0 Å². The zero-order valence-corrected chi connectivity index (χ0v) is 11.8. The first-order valence-electron chi connectivity index (χ1n) is 6.11. The number of carbonyl (C=O) groups is 2. The first-order valence-corrected chi connectivity index (χ1v) is 6.48. The molecule has 0 atom stereocenters. The number of methoxy groups -OCH3 is 1. The number of rotatable bonds is 6. The summed E-state index contributed by atoms with van der Waals surface area (Å²) in [6, 6.07) is 8.95. The minimum Gasteiger partial charge on any atom is -0.383 e. The SMILES string of the molecule is COCCn1ccc(-c2ccc(Cl)cc2)c1C(=O)C=O. The van der Waals surface area contributed by atoms with Crippen molar-refractivity contribution >= 4 is 23.7 Å². The minimum atomic E-state index is -0.545. The summed E-state index contributed by atoms with van der Waals surface area (Å²) in [7, 11) is 1.59. The summed E-state index contributed by atoms with van der Waals surface area (Å²) in [6.07, 6.45) is 2.11. The van der Waals surface area contributed by atoms with Crippen LogP contribution in [0.4, 0.5) is 0 Å². The Kier molecular flexibility index (Phi) is 4.71. The number of hydrogen-bond acceptors (Lipinski definition) is 3. The van der Waals surface area contributed by atoms with Crippen LogP contribution in [-0.2, 0) is 16.1 Å². The summed E-state index contributed by atoms with van der Waals surface area (Å²) in [5.74, 6) is -0.545. The molecule has 0 saturated heterocycles. The number of benzene rings is 1. The second kappa shape index (κ2) is 6.50. The Hall–Kier alpha value is -1.91. The molecule has 0 aliphatic heterocycles. The van der Waals surface area contributed by atoms with Crippen LogP contribution in [0.15, 0.2) is 36.5 Å². The van der Waals surface area contributed by atoms with Crippen molar-refractivity contribution in [3.8, 4) is 11.1 Å². The molecular formula is C15H14ClNO3. The number of halogens is 1. The van der Waals surface area contributed by atoms with Gasteiger partial charge in [0.2, 0.25) is 5.78 Å². The highest BCUT2D eigenvalue weighted by Crippen LogP contribution is 2.26. The third kappa shape index (κ3) is 2.98. The van der Waals surface area contributed by atoms with Gasteiger partial charge in [-0.1, -0.05) is 23.7 Å². The van der Waals surface area contributed by atoms with Gasteiger partial charge < -0.3 is 9.30 Å². The normalized spacial score (nSPS) is 10.5. The second-order valence-corrected chi connectivity index (χ2v) is 4.69. The van der Waals surface area contributed by atoms with Gasteiger partial charge in [0.25, 0.3) is 0 Å². The van der Waals surface area contributed by atoms with E-state index in [1.807, 2.05) is 18.2 Å². The zero-order chi connectivity index (χ0) is 14.5. The number of hydrogen-bond donors (Lipinski definition) is 0. The number of ether oxygens (including phenoxy) is 1. The highest BCUT2D eigenvalue weighted by Gasteiger charge is 2.17. The summed E-state index contributed by atoms with van der Waals surface area (Å²) in [5, 5.41) is 0.621. The van der Waals surface area contributed by atoms with Crippen LogP contribution >= 0.6 is 11.6 Å². The van der Waals surface area contributed by atoms with Crippen molar-refractivity contribution in [3.63, 3.8) is 0 Å². The minimum absolute atomic E-state index is 0.331. The first-order chi connectivity index (χ1) is 9.67. The van der Waals surface area contributed by atoms with Crippen LogP contribution in [0.25, 0.3) is 11.1 Å². The molecule has 0 bridgehead atoms. The molecule has 0 aliphatic carbocycles. The van der Waals surface area contributed by atoms with Crippen molar-refractivity contribution in [1.82, 2.24) is 4.57 Å². The Balaban J connectivity index is 2.47. The van der Waals surface area contributed by atoms with Crippen LogP contribution < -0.4 is 0 Å². The molecule has 104 valence electrons. The van der Waals surface area contributed by atoms with Crippen molar-refractivity contribution in [2.75, 3.05) is 13.7 Å². The maximum atomic E-state index is 11.9. The Morgan fingerprint density at radius 2 is 2.00 bits per heavy atom. The summed E-state index contributed by atoms with van der Waals surface area (Å²) < 4.78 is 6.73. The van der Waals surface area contributed by atoms with Crippen LogP contribution in [-0.4, -0.2) is 30.4 Å². The fourth-order valence-corrected chi connectivity index (χ4v) is 2.17. The van der Waals surface area contributed by atoms with E-state index in [2.05, 4.69) is 0 Å². The van der Waals surface area contributed by atoms with E-state index in [-0.39, 0.29) is 0 Å². The predicted octanol–water partition coefficient (Wildman–Crippen LogP) is 2.84. The van der Waals surface area contributed by atoms with E-state index in [1.54, 1.807) is 30.0 Å². The lowest BCUT2D eigenvalue weighted by molar-refractivity contribution is -0.104. The topological polar surface area (TPSA) is 48.3 Å². The highest BCUT2D eigenvalue weighted by molar-refractivity contribution is 6.34. The van der Waals surface area contributed by atoms with Crippen molar-refractivity contribution in [1.29, 1.82) is 0 Å². The molecule has 0 saturated carbocycles. The van der Waals surface area contributed by atoms with Crippen molar-refractivity contribution in [2.45, 2.75) is 6.54 Å². The van der Waals surface area contributed by atoms with Gasteiger partial charge in [-0.05, 0) is 23.8 Å². The maximum absolute atomic E-state index is 11.9. The van der Waals surface area contributed by atoms with Gasteiger partial charge in [-0.25, -0.2) is 0 Å². The highest BCUT2D eigenvalue weighted by atomic mass is 35.5. The van der Waals surface area contributed by atoms with E-state index in [1.165, 1.54) is 0 Å². The molecule has 0 fully saturated rings. The third-order valence-electron chi connectivity index (χ3n) is 3.00. The first kappa shape index (κ1) is 14.5. The molecule has 20 heavy (non-hydrogen) atoms. The summed E-state index contributed by atoms with van der Waals surface area (Å²) in [4.78, 5) is 22.7. The average molecular weight is 292 g/mol. The van der Waals surface area contributed by atoms with Gasteiger partial charge in [-0.15, -0.1) is 0 Å². The fraction of sp³-hybridized carbons (Fsp3) is 0.200. The molecule has 0 aliphatic rings. The Bertz CT molecular complexity index is 617. The molecule has 1 heterocycles. The molecule has 1 aromatic heterocycles. The monoisotopic (exact) mass is 291 g/mol. The number of aromatic nitrogens is 1.